The zero-order chi connectivity index (χ0) is 21.1. The molecular formula is C24H26N4O2. The number of carbonyl (C=O) groups excluding carboxylic acids is 2. The largest absolute Gasteiger partial charge is 0.369 e. The van der Waals surface area contributed by atoms with Crippen LogP contribution >= 0.6 is 0 Å². The highest BCUT2D eigenvalue weighted by molar-refractivity contribution is 6.21. The van der Waals surface area contributed by atoms with E-state index in [1.165, 1.54) is 16.2 Å². The standard InChI is InChI=1S/C24H26N4O2/c1-2-5-19-16-18(17-25)8-9-22(19)27-13-10-26(11-14-27)12-15-28-23(29)20-6-3-4-7-21(20)24(28)30/h3-4,6-9,16H,2,5,10-15H2,1H3. The molecule has 4 rings (SSSR count). The van der Waals surface area contributed by atoms with Crippen LogP contribution in [0.25, 0.3) is 0 Å². The summed E-state index contributed by atoms with van der Waals surface area (Å²) in [4.78, 5) is 31.1. The van der Waals surface area contributed by atoms with Gasteiger partial charge in [0.15, 0.2) is 0 Å². The minimum absolute atomic E-state index is 0.184. The molecule has 0 atom stereocenters. The molecule has 30 heavy (non-hydrogen) atoms. The second kappa shape index (κ2) is 8.68. The number of imide groups is 1. The van der Waals surface area contributed by atoms with Crippen LogP contribution in [0.1, 0.15) is 45.2 Å². The number of fused-ring (bicyclic) bond motifs is 1. The van der Waals surface area contributed by atoms with Crippen LogP contribution in [-0.4, -0.2) is 60.9 Å². The maximum Gasteiger partial charge on any atom is 0.261 e. The first kappa shape index (κ1) is 20.1. The normalized spacial score (nSPS) is 16.7. The van der Waals surface area contributed by atoms with Gasteiger partial charge >= 0.3 is 0 Å². The van der Waals surface area contributed by atoms with Gasteiger partial charge < -0.3 is 4.90 Å². The van der Waals surface area contributed by atoms with Crippen molar-refractivity contribution in [1.29, 1.82) is 5.26 Å². The Morgan fingerprint density at radius 1 is 0.933 bits per heavy atom. The summed E-state index contributed by atoms with van der Waals surface area (Å²) >= 11 is 0. The van der Waals surface area contributed by atoms with Crippen molar-refractivity contribution < 1.29 is 9.59 Å². The van der Waals surface area contributed by atoms with Gasteiger partial charge in [0.05, 0.1) is 22.8 Å². The zero-order valence-electron chi connectivity index (χ0n) is 17.3. The zero-order valence-corrected chi connectivity index (χ0v) is 17.3. The van der Waals surface area contributed by atoms with Gasteiger partial charge in [0.25, 0.3) is 11.8 Å². The molecule has 0 unspecified atom stereocenters. The van der Waals surface area contributed by atoms with Crippen molar-refractivity contribution >= 4 is 17.5 Å². The molecule has 6 nitrogen and oxygen atoms in total. The molecule has 0 spiro atoms. The SMILES string of the molecule is CCCc1cc(C#N)ccc1N1CCN(CCN2C(=O)c3ccccc3C2=O)CC1. The van der Waals surface area contributed by atoms with Crippen molar-refractivity contribution in [1.82, 2.24) is 9.80 Å². The second-order valence-corrected chi connectivity index (χ2v) is 7.84. The van der Waals surface area contributed by atoms with Crippen LogP contribution in [-0.2, 0) is 6.42 Å². The van der Waals surface area contributed by atoms with Crippen molar-refractivity contribution in [2.45, 2.75) is 19.8 Å². The maximum absolute atomic E-state index is 12.5. The number of anilines is 1. The highest BCUT2D eigenvalue weighted by Gasteiger charge is 2.35. The van der Waals surface area contributed by atoms with Gasteiger partial charge in [0, 0.05) is 45.0 Å². The average Bonchev–Trinajstić information content (AvgIpc) is 3.03. The molecule has 2 heterocycles. The summed E-state index contributed by atoms with van der Waals surface area (Å²) in [5, 5.41) is 9.19. The fraction of sp³-hybridized carbons (Fsp3) is 0.375. The average molecular weight is 402 g/mol. The number of piperazine rings is 1. The smallest absolute Gasteiger partial charge is 0.261 e. The number of benzene rings is 2. The van der Waals surface area contributed by atoms with Gasteiger partial charge in [-0.15, -0.1) is 0 Å². The summed E-state index contributed by atoms with van der Waals surface area (Å²) in [5.74, 6) is -0.368. The molecular weight excluding hydrogens is 376 g/mol. The third kappa shape index (κ3) is 3.81. The van der Waals surface area contributed by atoms with Gasteiger partial charge in [-0.3, -0.25) is 19.4 Å². The van der Waals surface area contributed by atoms with E-state index in [0.717, 1.165) is 39.0 Å². The van der Waals surface area contributed by atoms with Gasteiger partial charge in [-0.05, 0) is 42.3 Å². The lowest BCUT2D eigenvalue weighted by molar-refractivity contribution is 0.0635. The Labute approximate surface area is 177 Å². The Bertz CT molecular complexity index is 968. The van der Waals surface area contributed by atoms with E-state index in [1.807, 2.05) is 12.1 Å². The van der Waals surface area contributed by atoms with Crippen molar-refractivity contribution in [2.75, 3.05) is 44.2 Å². The molecule has 2 aliphatic heterocycles. The highest BCUT2D eigenvalue weighted by Crippen LogP contribution is 2.25. The Morgan fingerprint density at radius 2 is 1.60 bits per heavy atom. The highest BCUT2D eigenvalue weighted by atomic mass is 16.2. The molecule has 0 aromatic heterocycles. The van der Waals surface area contributed by atoms with Crippen LogP contribution < -0.4 is 4.90 Å². The fourth-order valence-corrected chi connectivity index (χ4v) is 4.33. The van der Waals surface area contributed by atoms with E-state index in [1.54, 1.807) is 24.3 Å². The summed E-state index contributed by atoms with van der Waals surface area (Å²) in [7, 11) is 0. The summed E-state index contributed by atoms with van der Waals surface area (Å²) in [6.45, 7) is 6.82. The molecule has 1 saturated heterocycles. The van der Waals surface area contributed by atoms with Crippen LogP contribution in [0.4, 0.5) is 5.69 Å². The minimum Gasteiger partial charge on any atom is -0.369 e. The summed E-state index contributed by atoms with van der Waals surface area (Å²) in [5.41, 5.74) is 4.18. The van der Waals surface area contributed by atoms with Crippen molar-refractivity contribution in [3.05, 3.63) is 64.7 Å². The lowest BCUT2D eigenvalue weighted by atomic mass is 10.0. The van der Waals surface area contributed by atoms with E-state index in [9.17, 15) is 14.9 Å². The molecule has 0 N–H and O–H groups in total. The van der Waals surface area contributed by atoms with E-state index in [4.69, 9.17) is 0 Å². The monoisotopic (exact) mass is 402 g/mol. The predicted molar refractivity (Wildman–Crippen MR) is 116 cm³/mol. The van der Waals surface area contributed by atoms with E-state index >= 15 is 0 Å². The number of hydrogen-bond acceptors (Lipinski definition) is 5. The van der Waals surface area contributed by atoms with Crippen molar-refractivity contribution in [3.63, 3.8) is 0 Å². The minimum atomic E-state index is -0.184. The lowest BCUT2D eigenvalue weighted by Crippen LogP contribution is -2.49. The molecule has 0 saturated carbocycles. The van der Waals surface area contributed by atoms with Crippen molar-refractivity contribution in [3.8, 4) is 6.07 Å². The Balaban J connectivity index is 1.35. The number of nitriles is 1. The molecule has 2 aromatic rings. The third-order valence-corrected chi connectivity index (χ3v) is 5.96. The third-order valence-electron chi connectivity index (χ3n) is 5.96. The quantitative estimate of drug-likeness (QED) is 0.695. The van der Waals surface area contributed by atoms with Gasteiger partial charge in [0.1, 0.15) is 0 Å². The van der Waals surface area contributed by atoms with Crippen LogP contribution in [0.5, 0.6) is 0 Å². The topological polar surface area (TPSA) is 67.7 Å². The van der Waals surface area contributed by atoms with Crippen LogP contribution in [0, 0.1) is 11.3 Å². The summed E-state index contributed by atoms with van der Waals surface area (Å²) in [6.07, 6.45) is 2.01. The summed E-state index contributed by atoms with van der Waals surface area (Å²) < 4.78 is 0. The van der Waals surface area contributed by atoms with Crippen LogP contribution in [0.3, 0.4) is 0 Å². The first-order valence-electron chi connectivity index (χ1n) is 10.6. The maximum atomic E-state index is 12.5. The Kier molecular flexibility index (Phi) is 5.82. The van der Waals surface area contributed by atoms with Gasteiger partial charge in [-0.2, -0.15) is 5.26 Å². The molecule has 154 valence electrons. The Morgan fingerprint density at radius 3 is 2.20 bits per heavy atom. The van der Waals surface area contributed by atoms with Crippen LogP contribution in [0.2, 0.25) is 0 Å². The fourth-order valence-electron chi connectivity index (χ4n) is 4.33. The number of nitrogens with zero attached hydrogens (tertiary/aromatic N) is 4. The van der Waals surface area contributed by atoms with Crippen molar-refractivity contribution in [2.24, 2.45) is 0 Å². The second-order valence-electron chi connectivity index (χ2n) is 7.84. The van der Waals surface area contributed by atoms with Gasteiger partial charge in [0.2, 0.25) is 0 Å². The molecule has 0 aliphatic carbocycles. The van der Waals surface area contributed by atoms with E-state index in [0.29, 0.717) is 29.8 Å². The molecule has 6 heteroatoms. The number of rotatable bonds is 6. The molecule has 2 aliphatic rings. The molecule has 0 bridgehead atoms. The first-order valence-corrected chi connectivity index (χ1v) is 10.6. The van der Waals surface area contributed by atoms with E-state index in [-0.39, 0.29) is 11.8 Å². The van der Waals surface area contributed by atoms with Gasteiger partial charge in [-0.25, -0.2) is 0 Å². The lowest BCUT2D eigenvalue weighted by Gasteiger charge is -2.37. The number of amides is 2. The van der Waals surface area contributed by atoms with E-state index < -0.39 is 0 Å². The predicted octanol–water partition coefficient (Wildman–Crippen LogP) is 2.93. The molecule has 1 fully saturated rings. The number of hydrogen-bond donors (Lipinski definition) is 0. The molecule has 0 radical (unpaired) electrons. The molecule has 2 amide bonds. The van der Waals surface area contributed by atoms with Crippen LogP contribution in [0.15, 0.2) is 42.5 Å². The summed E-state index contributed by atoms with van der Waals surface area (Å²) in [6, 6.07) is 15.2. The Hall–Kier alpha value is -3.17. The first-order chi connectivity index (χ1) is 14.6. The number of carbonyl (C=O) groups is 2. The van der Waals surface area contributed by atoms with Gasteiger partial charge in [-0.1, -0.05) is 25.5 Å². The number of aryl methyl sites for hydroxylation is 1. The van der Waals surface area contributed by atoms with E-state index in [2.05, 4.69) is 28.9 Å². The molecule has 2 aromatic carbocycles.